The molecule has 0 aliphatic heterocycles. The Hall–Kier alpha value is -1.39. The van der Waals surface area contributed by atoms with Crippen LogP contribution in [-0.2, 0) is 12.1 Å². The van der Waals surface area contributed by atoms with E-state index in [9.17, 15) is 5.11 Å². The summed E-state index contributed by atoms with van der Waals surface area (Å²) < 4.78 is 1.69. The summed E-state index contributed by atoms with van der Waals surface area (Å²) in [6.07, 6.45) is 5.51. The van der Waals surface area contributed by atoms with Gasteiger partial charge in [-0.1, -0.05) is 30.7 Å². The number of halogens is 1. The number of aliphatic hydroxyl groups is 1. The number of aromatic nitrogens is 3. The molecule has 106 valence electrons. The van der Waals surface area contributed by atoms with Gasteiger partial charge in [-0.2, -0.15) is 5.10 Å². The van der Waals surface area contributed by atoms with E-state index in [-0.39, 0.29) is 5.92 Å². The lowest BCUT2D eigenvalue weighted by atomic mass is 9.79. The van der Waals surface area contributed by atoms with Gasteiger partial charge in [-0.15, -0.1) is 0 Å². The summed E-state index contributed by atoms with van der Waals surface area (Å²) in [5, 5.41) is 16.1. The van der Waals surface area contributed by atoms with Crippen LogP contribution >= 0.6 is 11.6 Å². The van der Waals surface area contributed by atoms with Crippen molar-refractivity contribution in [1.29, 1.82) is 0 Å². The fourth-order valence-corrected chi connectivity index (χ4v) is 2.91. The van der Waals surface area contributed by atoms with Crippen molar-refractivity contribution in [1.82, 2.24) is 14.8 Å². The van der Waals surface area contributed by atoms with Crippen LogP contribution in [-0.4, -0.2) is 19.9 Å². The van der Waals surface area contributed by atoms with Gasteiger partial charge in [-0.3, -0.25) is 0 Å². The van der Waals surface area contributed by atoms with Crippen molar-refractivity contribution in [3.8, 4) is 0 Å². The first kappa shape index (κ1) is 13.6. The molecule has 1 aliphatic carbocycles. The topological polar surface area (TPSA) is 50.9 Å². The van der Waals surface area contributed by atoms with Gasteiger partial charge in [0, 0.05) is 5.02 Å². The molecule has 0 radical (unpaired) electrons. The molecule has 1 aromatic heterocycles. The molecular formula is C15H18ClN3O. The Morgan fingerprint density at radius 1 is 1.40 bits per heavy atom. The molecule has 1 fully saturated rings. The van der Waals surface area contributed by atoms with Crippen LogP contribution in [0.15, 0.2) is 36.9 Å². The maximum absolute atomic E-state index is 11.3. The quantitative estimate of drug-likeness (QED) is 0.921. The van der Waals surface area contributed by atoms with Crippen LogP contribution in [0.5, 0.6) is 0 Å². The van der Waals surface area contributed by atoms with Crippen molar-refractivity contribution in [2.24, 2.45) is 11.8 Å². The number of hydrogen-bond donors (Lipinski definition) is 1. The molecule has 1 heterocycles. The zero-order valence-electron chi connectivity index (χ0n) is 11.4. The molecule has 1 unspecified atom stereocenters. The molecule has 1 aromatic carbocycles. The molecule has 3 rings (SSSR count). The largest absolute Gasteiger partial charge is 0.383 e. The Balaban J connectivity index is 1.95. The molecule has 5 heteroatoms. The van der Waals surface area contributed by atoms with E-state index in [4.69, 9.17) is 11.6 Å². The molecule has 0 saturated heterocycles. The predicted molar refractivity (Wildman–Crippen MR) is 77.3 cm³/mol. The second kappa shape index (κ2) is 5.19. The average molecular weight is 292 g/mol. The Morgan fingerprint density at radius 3 is 2.65 bits per heavy atom. The second-order valence-electron chi connectivity index (χ2n) is 5.65. The third kappa shape index (κ3) is 2.58. The van der Waals surface area contributed by atoms with Gasteiger partial charge in [0.15, 0.2) is 0 Å². The van der Waals surface area contributed by atoms with Crippen LogP contribution < -0.4 is 0 Å². The normalized spacial score (nSPS) is 19.6. The van der Waals surface area contributed by atoms with E-state index in [1.54, 1.807) is 11.0 Å². The lowest BCUT2D eigenvalue weighted by Gasteiger charge is -2.35. The summed E-state index contributed by atoms with van der Waals surface area (Å²) in [4.78, 5) is 3.95. The zero-order valence-corrected chi connectivity index (χ0v) is 12.2. The molecule has 2 atom stereocenters. The maximum Gasteiger partial charge on any atom is 0.137 e. The average Bonchev–Trinajstić information content (AvgIpc) is 3.17. The Bertz CT molecular complexity index is 565. The van der Waals surface area contributed by atoms with Gasteiger partial charge in [0.2, 0.25) is 0 Å². The van der Waals surface area contributed by atoms with Crippen LogP contribution in [0.1, 0.15) is 25.3 Å². The second-order valence-corrected chi connectivity index (χ2v) is 6.09. The number of rotatable bonds is 5. The van der Waals surface area contributed by atoms with E-state index in [1.807, 2.05) is 24.3 Å². The molecule has 1 N–H and O–H groups in total. The Labute approximate surface area is 123 Å². The molecule has 0 spiro atoms. The summed E-state index contributed by atoms with van der Waals surface area (Å²) in [5.41, 5.74) is -0.0591. The molecule has 1 saturated carbocycles. The third-order valence-corrected chi connectivity index (χ3v) is 4.55. The van der Waals surface area contributed by atoms with Gasteiger partial charge in [-0.25, -0.2) is 9.67 Å². The van der Waals surface area contributed by atoms with Gasteiger partial charge in [-0.05, 0) is 42.4 Å². The van der Waals surface area contributed by atoms with Gasteiger partial charge >= 0.3 is 0 Å². The fourth-order valence-electron chi connectivity index (χ4n) is 2.78. The predicted octanol–water partition coefficient (Wildman–Crippen LogP) is 2.87. The van der Waals surface area contributed by atoms with Gasteiger partial charge < -0.3 is 5.11 Å². The standard InChI is InChI=1S/C15H18ClN3O/c1-11(12-2-3-12)15(20,8-19-10-17-9-18-19)13-4-6-14(16)7-5-13/h4-7,9-12,20H,2-3,8H2,1H3/t11?,15-/m1/s1. The SMILES string of the molecule is CC(C1CC1)[C@](O)(Cn1cncn1)c1ccc(Cl)cc1. The van der Waals surface area contributed by atoms with E-state index < -0.39 is 5.60 Å². The monoisotopic (exact) mass is 291 g/mol. The van der Waals surface area contributed by atoms with E-state index >= 15 is 0 Å². The number of nitrogens with zero attached hydrogens (tertiary/aromatic N) is 3. The highest BCUT2D eigenvalue weighted by molar-refractivity contribution is 6.30. The number of hydrogen-bond acceptors (Lipinski definition) is 3. The first-order valence-corrected chi connectivity index (χ1v) is 7.28. The Morgan fingerprint density at radius 2 is 2.10 bits per heavy atom. The summed E-state index contributed by atoms with van der Waals surface area (Å²) >= 11 is 5.95. The van der Waals surface area contributed by atoms with Crippen molar-refractivity contribution in [3.05, 3.63) is 47.5 Å². The maximum atomic E-state index is 11.3. The summed E-state index contributed by atoms with van der Waals surface area (Å²) in [6.45, 7) is 2.52. The van der Waals surface area contributed by atoms with E-state index in [0.29, 0.717) is 17.5 Å². The summed E-state index contributed by atoms with van der Waals surface area (Å²) in [5.74, 6) is 0.757. The van der Waals surface area contributed by atoms with Crippen molar-refractivity contribution >= 4 is 11.6 Å². The highest BCUT2D eigenvalue weighted by Gasteiger charge is 2.44. The molecular weight excluding hydrogens is 274 g/mol. The molecule has 1 aliphatic rings. The van der Waals surface area contributed by atoms with Gasteiger partial charge in [0.1, 0.15) is 18.3 Å². The van der Waals surface area contributed by atoms with Crippen LogP contribution in [0.4, 0.5) is 0 Å². The minimum absolute atomic E-state index is 0.174. The fraction of sp³-hybridized carbons (Fsp3) is 0.467. The van der Waals surface area contributed by atoms with Crippen molar-refractivity contribution < 1.29 is 5.11 Å². The van der Waals surface area contributed by atoms with Gasteiger partial charge in [0.05, 0.1) is 6.54 Å². The molecule has 0 amide bonds. The Kier molecular flexibility index (Phi) is 3.52. The zero-order chi connectivity index (χ0) is 14.2. The number of benzene rings is 1. The van der Waals surface area contributed by atoms with Crippen LogP contribution in [0.3, 0.4) is 0 Å². The molecule has 2 aromatic rings. The first-order chi connectivity index (χ1) is 9.59. The van der Waals surface area contributed by atoms with Gasteiger partial charge in [0.25, 0.3) is 0 Å². The summed E-state index contributed by atoms with van der Waals surface area (Å²) in [7, 11) is 0. The molecule has 20 heavy (non-hydrogen) atoms. The minimum Gasteiger partial charge on any atom is -0.383 e. The van der Waals surface area contributed by atoms with E-state index in [0.717, 1.165) is 5.56 Å². The molecule has 0 bridgehead atoms. The first-order valence-electron chi connectivity index (χ1n) is 6.90. The highest BCUT2D eigenvalue weighted by atomic mass is 35.5. The summed E-state index contributed by atoms with van der Waals surface area (Å²) in [6, 6.07) is 7.45. The lowest BCUT2D eigenvalue weighted by molar-refractivity contribution is -0.0442. The van der Waals surface area contributed by atoms with E-state index in [2.05, 4.69) is 17.0 Å². The minimum atomic E-state index is -0.945. The highest BCUT2D eigenvalue weighted by Crippen LogP contribution is 2.46. The van der Waals surface area contributed by atoms with Crippen LogP contribution in [0.25, 0.3) is 0 Å². The molecule has 4 nitrogen and oxygen atoms in total. The van der Waals surface area contributed by atoms with E-state index in [1.165, 1.54) is 19.2 Å². The lowest BCUT2D eigenvalue weighted by Crippen LogP contribution is -2.39. The smallest absolute Gasteiger partial charge is 0.137 e. The van der Waals surface area contributed by atoms with Crippen molar-refractivity contribution in [2.45, 2.75) is 31.9 Å². The van der Waals surface area contributed by atoms with Crippen molar-refractivity contribution in [3.63, 3.8) is 0 Å². The van der Waals surface area contributed by atoms with Crippen LogP contribution in [0, 0.1) is 11.8 Å². The van der Waals surface area contributed by atoms with Crippen molar-refractivity contribution in [2.75, 3.05) is 0 Å². The van der Waals surface area contributed by atoms with Crippen LogP contribution in [0.2, 0.25) is 5.02 Å². The third-order valence-electron chi connectivity index (χ3n) is 4.30.